The Bertz CT molecular complexity index is 144. The van der Waals surface area contributed by atoms with Crippen LogP contribution < -0.4 is 14.0 Å². The minimum atomic E-state index is -4.69. The predicted molar refractivity (Wildman–Crippen MR) is 24.3 cm³/mol. The van der Waals surface area contributed by atoms with Gasteiger partial charge >= 0.3 is 0 Å². The predicted octanol–water partition coefficient (Wildman–Crippen LogP) is -3.65. The zero-order chi connectivity index (χ0) is 8.74. The summed E-state index contributed by atoms with van der Waals surface area (Å²) < 4.78 is 32.7. The second-order valence-corrected chi connectivity index (χ2v) is 2.09. The minimum absolute atomic E-state index is 1.50. The summed E-state index contributed by atoms with van der Waals surface area (Å²) in [7, 11) is -4.69. The van der Waals surface area contributed by atoms with Crippen molar-refractivity contribution < 1.29 is 28.9 Å². The Morgan fingerprint density at radius 1 is 1.09 bits per heavy atom. The van der Waals surface area contributed by atoms with Gasteiger partial charge in [-0.2, -0.15) is 14.0 Å². The molecule has 0 unspecified atom stereocenters. The van der Waals surface area contributed by atoms with Crippen LogP contribution in [0.15, 0.2) is 24.8 Å². The second-order valence-electron chi connectivity index (χ2n) is 1.30. The molecule has 0 aromatic carbocycles. The molecule has 1 aromatic heterocycles. The highest BCUT2D eigenvalue weighted by atomic mass is 35.7. The quantitative estimate of drug-likeness (QED) is 0.440. The van der Waals surface area contributed by atoms with Gasteiger partial charge in [-0.25, -0.2) is 9.97 Å². The molecule has 0 saturated carbocycles. The maximum Gasteiger partial charge on any atom is 0.115 e. The molecule has 0 radical (unpaired) electrons. The fourth-order valence-corrected chi connectivity index (χ4v) is 0.253. The summed E-state index contributed by atoms with van der Waals surface area (Å²) in [5, 5.41) is 0. The first-order valence-electron chi connectivity index (χ1n) is 2.33. The zero-order valence-corrected chi connectivity index (χ0v) is 6.01. The second kappa shape index (κ2) is 4.94. The van der Waals surface area contributed by atoms with Crippen LogP contribution in [-0.2, 0) is 0 Å². The van der Waals surface area contributed by atoms with Crippen molar-refractivity contribution >= 4 is 0 Å². The maximum atomic E-state index is 8.60. The van der Waals surface area contributed by atoms with E-state index in [0.717, 1.165) is 0 Å². The number of rotatable bonds is 0. The van der Waals surface area contributed by atoms with Crippen LogP contribution in [0.5, 0.6) is 0 Å². The normalized spacial score (nSPS) is 9.82. The van der Waals surface area contributed by atoms with E-state index in [0.29, 0.717) is 0 Å². The number of hydrogen-bond donors (Lipinski definition) is 1. The highest BCUT2D eigenvalue weighted by molar-refractivity contribution is 4.74. The van der Waals surface area contributed by atoms with E-state index in [2.05, 4.69) is 9.97 Å². The molecule has 0 amide bonds. The summed E-state index contributed by atoms with van der Waals surface area (Å²) in [5.74, 6) is 0. The van der Waals surface area contributed by atoms with Gasteiger partial charge in [-0.3, -0.25) is 0 Å². The molecule has 0 aliphatic carbocycles. The lowest BCUT2D eigenvalue weighted by molar-refractivity contribution is -1.92. The number of hydrogen-bond acceptors (Lipinski definition) is 6. The Labute approximate surface area is 64.5 Å². The molecule has 1 heterocycles. The lowest BCUT2D eigenvalue weighted by atomic mass is 10.7. The van der Waals surface area contributed by atoms with Crippen molar-refractivity contribution in [1.29, 1.82) is 0 Å². The van der Waals surface area contributed by atoms with Gasteiger partial charge in [0.2, 0.25) is 0 Å². The largest absolute Gasteiger partial charge is 0.245 e. The number of halogens is 1. The van der Waals surface area contributed by atoms with Gasteiger partial charge in [-0.1, -0.05) is 0 Å². The average Bonchev–Trinajstić information content (AvgIpc) is 1.88. The van der Waals surface area contributed by atoms with E-state index in [1.165, 1.54) is 6.33 Å². The molecule has 0 atom stereocenters. The van der Waals surface area contributed by atoms with Crippen LogP contribution in [0.2, 0.25) is 0 Å². The number of aromatic nitrogens is 2. The summed E-state index contributed by atoms with van der Waals surface area (Å²) in [5.41, 5.74) is 0. The van der Waals surface area contributed by atoms with Gasteiger partial charge in [0.15, 0.2) is 0 Å². The molecule has 62 valence electrons. The van der Waals surface area contributed by atoms with Crippen LogP contribution in [0.3, 0.4) is 0 Å². The third-order valence-corrected chi connectivity index (χ3v) is 0.478. The summed E-state index contributed by atoms with van der Waals surface area (Å²) in [4.78, 5) is 7.35. The molecule has 0 aliphatic rings. The average molecular weight is 181 g/mol. The van der Waals surface area contributed by atoms with Crippen molar-refractivity contribution in [3.8, 4) is 0 Å². The van der Waals surface area contributed by atoms with E-state index < -0.39 is 10.2 Å². The van der Waals surface area contributed by atoms with Crippen LogP contribution in [0.4, 0.5) is 0 Å². The van der Waals surface area contributed by atoms with Crippen molar-refractivity contribution in [2.75, 3.05) is 0 Å². The van der Waals surface area contributed by atoms with Gasteiger partial charge in [0.25, 0.3) is 0 Å². The van der Waals surface area contributed by atoms with Crippen LogP contribution in [-0.4, -0.2) is 14.6 Å². The molecule has 0 spiro atoms. The Balaban J connectivity index is 0.000000187. The molecule has 1 N–H and O–H groups in total. The first-order chi connectivity index (χ1) is 5.00. The van der Waals surface area contributed by atoms with Gasteiger partial charge < -0.3 is 0 Å². The van der Waals surface area contributed by atoms with Crippen LogP contribution in [0.25, 0.3) is 0 Å². The van der Waals surface area contributed by atoms with Gasteiger partial charge in [-0.05, 0) is 6.07 Å². The summed E-state index contributed by atoms with van der Waals surface area (Å²) in [6.07, 6.45) is 4.88. The van der Waals surface area contributed by atoms with Gasteiger partial charge in [0.1, 0.15) is 6.33 Å². The van der Waals surface area contributed by atoms with E-state index in [1.54, 1.807) is 18.5 Å². The third-order valence-electron chi connectivity index (χ3n) is 0.478. The first-order valence-corrected chi connectivity index (χ1v) is 3.60. The Morgan fingerprint density at radius 3 is 1.55 bits per heavy atom. The monoisotopic (exact) mass is 180 g/mol. The molecule has 0 aliphatic heterocycles. The lowest BCUT2D eigenvalue weighted by Gasteiger charge is -2.03. The summed E-state index contributed by atoms with van der Waals surface area (Å²) in [6, 6.07) is 1.78. The molecule has 1 rings (SSSR count). The topological polar surface area (TPSA) is 115 Å². The van der Waals surface area contributed by atoms with Crippen molar-refractivity contribution in [3.63, 3.8) is 0 Å². The molecular weight excluding hydrogens is 176 g/mol. The zero-order valence-electron chi connectivity index (χ0n) is 5.25. The Morgan fingerprint density at radius 2 is 1.45 bits per heavy atom. The van der Waals surface area contributed by atoms with E-state index in [4.69, 9.17) is 18.6 Å². The highest BCUT2D eigenvalue weighted by Gasteiger charge is 1.98. The molecule has 11 heavy (non-hydrogen) atoms. The minimum Gasteiger partial charge on any atom is -0.245 e. The Hall–Kier alpha value is -0.790. The van der Waals surface area contributed by atoms with E-state index in [-0.39, 0.29) is 0 Å². The van der Waals surface area contributed by atoms with Crippen molar-refractivity contribution in [3.05, 3.63) is 24.8 Å². The SMILES string of the molecule is [O-][Cl+3]([O-])([O-])O.c1cncnc1. The van der Waals surface area contributed by atoms with Crippen LogP contribution in [0, 0.1) is 10.2 Å². The van der Waals surface area contributed by atoms with E-state index in [9.17, 15) is 0 Å². The molecule has 0 fully saturated rings. The molecule has 0 saturated heterocycles. The van der Waals surface area contributed by atoms with Crippen molar-refractivity contribution in [2.45, 2.75) is 0 Å². The van der Waals surface area contributed by atoms with E-state index in [1.807, 2.05) is 0 Å². The highest BCUT2D eigenvalue weighted by Crippen LogP contribution is 1.66. The maximum absolute atomic E-state index is 8.60. The van der Waals surface area contributed by atoms with Gasteiger partial charge in [-0.15, -0.1) is 0 Å². The van der Waals surface area contributed by atoms with Gasteiger partial charge in [0.05, 0.1) is 14.9 Å². The van der Waals surface area contributed by atoms with Gasteiger partial charge in [0, 0.05) is 12.4 Å². The lowest BCUT2D eigenvalue weighted by Crippen LogP contribution is -2.58. The van der Waals surface area contributed by atoms with Crippen molar-refractivity contribution in [1.82, 2.24) is 9.97 Å². The Kier molecular flexibility index (Phi) is 4.59. The fourth-order valence-electron chi connectivity index (χ4n) is 0.253. The van der Waals surface area contributed by atoms with E-state index >= 15 is 0 Å². The third kappa shape index (κ3) is 17.6. The summed E-state index contributed by atoms with van der Waals surface area (Å²) in [6.45, 7) is 0. The summed E-state index contributed by atoms with van der Waals surface area (Å²) >= 11 is 0. The number of nitrogens with zero attached hydrogens (tertiary/aromatic N) is 2. The molecule has 0 bridgehead atoms. The van der Waals surface area contributed by atoms with Crippen LogP contribution >= 0.6 is 0 Å². The van der Waals surface area contributed by atoms with Crippen molar-refractivity contribution in [2.24, 2.45) is 0 Å². The molecule has 7 heteroatoms. The molecule has 1 aromatic rings. The smallest absolute Gasteiger partial charge is 0.115 e. The molecular formula is C4H5ClN2O4. The first kappa shape index (κ1) is 10.2. The fraction of sp³-hybridized carbons (Fsp3) is 0. The standard InChI is InChI=1S/C4H4N2.ClHO4/c1-2-5-4-6-3-1;2-1(3,4)5/h1-4H;(H,2,3,4,5). The molecule has 6 nitrogen and oxygen atoms in total. The van der Waals surface area contributed by atoms with Crippen LogP contribution in [0.1, 0.15) is 0 Å².